The number of carbonyl (C=O) groups excluding carboxylic acids is 1. The minimum Gasteiger partial charge on any atom is -0.309 e. The maximum atomic E-state index is 12.9. The number of pyridine rings is 1. The van der Waals surface area contributed by atoms with Crippen LogP contribution in [-0.4, -0.2) is 34.1 Å². The molecule has 0 aliphatic heterocycles. The summed E-state index contributed by atoms with van der Waals surface area (Å²) in [6.07, 6.45) is 1.56. The van der Waals surface area contributed by atoms with Crippen molar-refractivity contribution >= 4 is 44.5 Å². The van der Waals surface area contributed by atoms with E-state index in [9.17, 15) is 13.2 Å². The first kappa shape index (κ1) is 19.3. The van der Waals surface area contributed by atoms with Crippen LogP contribution in [0.2, 0.25) is 0 Å². The van der Waals surface area contributed by atoms with Gasteiger partial charge in [-0.1, -0.05) is 26.0 Å². The van der Waals surface area contributed by atoms with E-state index in [-0.39, 0.29) is 10.8 Å². The van der Waals surface area contributed by atoms with Crippen molar-refractivity contribution in [2.24, 2.45) is 5.92 Å². The highest BCUT2D eigenvalue weighted by Gasteiger charge is 2.30. The molecular weight excluding hydrogens is 386 g/mol. The van der Waals surface area contributed by atoms with Gasteiger partial charge in [0.1, 0.15) is 27.8 Å². The van der Waals surface area contributed by atoms with Gasteiger partial charge in [-0.15, -0.1) is 0 Å². The van der Waals surface area contributed by atoms with Gasteiger partial charge in [0.05, 0.1) is 11.7 Å². The number of aromatic nitrogens is 3. The number of anilines is 1. The van der Waals surface area contributed by atoms with Crippen LogP contribution in [0.4, 0.5) is 5.82 Å². The van der Waals surface area contributed by atoms with Gasteiger partial charge in [0, 0.05) is 6.20 Å². The largest absolute Gasteiger partial charge is 0.309 e. The Morgan fingerprint density at radius 3 is 2.63 bits per heavy atom. The van der Waals surface area contributed by atoms with E-state index in [1.54, 1.807) is 38.2 Å². The maximum Gasteiger partial charge on any atom is 0.243 e. The highest BCUT2D eigenvalue weighted by molar-refractivity contribution is 7.89. The van der Waals surface area contributed by atoms with Crippen LogP contribution in [0.1, 0.15) is 19.4 Å². The molecule has 0 saturated carbocycles. The predicted octanol–water partition coefficient (Wildman–Crippen LogP) is 2.34. The normalized spacial score (nSPS) is 13.0. The van der Waals surface area contributed by atoms with E-state index >= 15 is 0 Å². The molecule has 0 bridgehead atoms. The summed E-state index contributed by atoms with van der Waals surface area (Å²) in [7, 11) is -3.98. The number of aryl methyl sites for hydroxylation is 1. The van der Waals surface area contributed by atoms with Gasteiger partial charge in [0.25, 0.3) is 0 Å². The zero-order valence-electron chi connectivity index (χ0n) is 15.0. The number of rotatable bonds is 6. The number of benzene rings is 1. The second kappa shape index (κ2) is 7.67. The summed E-state index contributed by atoms with van der Waals surface area (Å²) < 4.78 is 36.4. The molecule has 2 heterocycles. The number of nitrogens with zero attached hydrogens (tertiary/aromatic N) is 3. The van der Waals surface area contributed by atoms with Gasteiger partial charge in [0.2, 0.25) is 15.9 Å². The fourth-order valence-electron chi connectivity index (χ4n) is 2.53. The number of nitrogens with one attached hydrogen (secondary N) is 2. The fourth-order valence-corrected chi connectivity index (χ4v) is 4.64. The van der Waals surface area contributed by atoms with Crippen LogP contribution in [0.3, 0.4) is 0 Å². The van der Waals surface area contributed by atoms with E-state index in [1.807, 2.05) is 13.0 Å². The second-order valence-corrected chi connectivity index (χ2v) is 8.60. The molecule has 0 aliphatic rings. The number of hydrogen-bond donors (Lipinski definition) is 2. The van der Waals surface area contributed by atoms with E-state index in [1.165, 1.54) is 6.07 Å². The van der Waals surface area contributed by atoms with Crippen molar-refractivity contribution in [3.63, 3.8) is 0 Å². The molecule has 0 radical (unpaired) electrons. The maximum absolute atomic E-state index is 12.9. The van der Waals surface area contributed by atoms with Gasteiger partial charge in [-0.25, -0.2) is 13.4 Å². The third-order valence-electron chi connectivity index (χ3n) is 4.02. The number of fused-ring (bicyclic) bond motifs is 1. The molecule has 0 fully saturated rings. The average molecular weight is 406 g/mol. The summed E-state index contributed by atoms with van der Waals surface area (Å²) in [5.74, 6) is -0.353. The van der Waals surface area contributed by atoms with Gasteiger partial charge in [-0.05, 0) is 36.6 Å². The predicted molar refractivity (Wildman–Crippen MR) is 104 cm³/mol. The SMILES string of the molecule is Cc1cccnc1NC(=O)C(NS(=O)(=O)c1cccc2nsnc12)C(C)C. The molecule has 1 unspecified atom stereocenters. The lowest BCUT2D eigenvalue weighted by atomic mass is 10.0. The van der Waals surface area contributed by atoms with Crippen LogP contribution in [0.25, 0.3) is 11.0 Å². The van der Waals surface area contributed by atoms with E-state index in [0.29, 0.717) is 16.9 Å². The second-order valence-electron chi connectivity index (χ2n) is 6.39. The summed E-state index contributed by atoms with van der Waals surface area (Å²) in [6, 6.07) is 7.33. The molecule has 10 heteroatoms. The van der Waals surface area contributed by atoms with Crippen LogP contribution >= 0.6 is 11.7 Å². The Morgan fingerprint density at radius 2 is 1.93 bits per heavy atom. The Hall–Kier alpha value is -2.43. The van der Waals surface area contributed by atoms with Gasteiger partial charge in [-0.2, -0.15) is 13.5 Å². The van der Waals surface area contributed by atoms with Crippen molar-refractivity contribution in [3.8, 4) is 0 Å². The van der Waals surface area contributed by atoms with Crippen LogP contribution < -0.4 is 10.0 Å². The lowest BCUT2D eigenvalue weighted by Crippen LogP contribution is -2.47. The lowest BCUT2D eigenvalue weighted by molar-refractivity contribution is -0.118. The summed E-state index contributed by atoms with van der Waals surface area (Å²) in [4.78, 5) is 16.8. The highest BCUT2D eigenvalue weighted by atomic mass is 32.2. The minimum absolute atomic E-state index is 0.00113. The Balaban J connectivity index is 1.88. The molecule has 1 aromatic carbocycles. The summed E-state index contributed by atoms with van der Waals surface area (Å²) in [5, 5.41) is 2.69. The van der Waals surface area contributed by atoms with Crippen molar-refractivity contribution in [2.45, 2.75) is 31.7 Å². The van der Waals surface area contributed by atoms with Crippen LogP contribution in [0.15, 0.2) is 41.4 Å². The fraction of sp³-hybridized carbons (Fsp3) is 0.294. The van der Waals surface area contributed by atoms with Crippen LogP contribution in [0, 0.1) is 12.8 Å². The number of amides is 1. The molecule has 3 aromatic rings. The van der Waals surface area contributed by atoms with Crippen molar-refractivity contribution in [1.29, 1.82) is 0 Å². The molecule has 1 amide bonds. The van der Waals surface area contributed by atoms with E-state index in [2.05, 4.69) is 23.8 Å². The van der Waals surface area contributed by atoms with Gasteiger partial charge in [0.15, 0.2) is 0 Å². The molecule has 8 nitrogen and oxygen atoms in total. The van der Waals surface area contributed by atoms with Crippen LogP contribution in [0.5, 0.6) is 0 Å². The van der Waals surface area contributed by atoms with Gasteiger partial charge < -0.3 is 5.32 Å². The van der Waals surface area contributed by atoms with E-state index in [4.69, 9.17) is 0 Å². The summed E-state index contributed by atoms with van der Waals surface area (Å²) in [5.41, 5.74) is 1.57. The minimum atomic E-state index is -3.98. The first-order chi connectivity index (χ1) is 12.8. The summed E-state index contributed by atoms with van der Waals surface area (Å²) >= 11 is 0.938. The molecule has 0 saturated heterocycles. The Labute approximate surface area is 161 Å². The van der Waals surface area contributed by atoms with Gasteiger partial charge >= 0.3 is 0 Å². The molecule has 3 rings (SSSR count). The molecule has 2 N–H and O–H groups in total. The number of hydrogen-bond acceptors (Lipinski definition) is 7. The molecule has 27 heavy (non-hydrogen) atoms. The van der Waals surface area contributed by atoms with Crippen molar-refractivity contribution < 1.29 is 13.2 Å². The van der Waals surface area contributed by atoms with Crippen molar-refractivity contribution in [1.82, 2.24) is 18.5 Å². The van der Waals surface area contributed by atoms with Crippen molar-refractivity contribution in [2.75, 3.05) is 5.32 Å². The molecule has 2 aromatic heterocycles. The molecule has 1 atom stereocenters. The third-order valence-corrected chi connectivity index (χ3v) is 6.04. The smallest absolute Gasteiger partial charge is 0.243 e. The molecular formula is C17H19N5O3S2. The Morgan fingerprint density at radius 1 is 1.15 bits per heavy atom. The van der Waals surface area contributed by atoms with Crippen LogP contribution in [-0.2, 0) is 14.8 Å². The van der Waals surface area contributed by atoms with Crippen molar-refractivity contribution in [3.05, 3.63) is 42.1 Å². The average Bonchev–Trinajstić information content (AvgIpc) is 3.10. The van der Waals surface area contributed by atoms with Gasteiger partial charge in [-0.3, -0.25) is 4.79 Å². The van der Waals surface area contributed by atoms with E-state index < -0.39 is 22.0 Å². The molecule has 142 valence electrons. The number of sulfonamides is 1. The highest BCUT2D eigenvalue weighted by Crippen LogP contribution is 2.22. The first-order valence-electron chi connectivity index (χ1n) is 8.25. The first-order valence-corrected chi connectivity index (χ1v) is 10.5. The summed E-state index contributed by atoms with van der Waals surface area (Å²) in [6.45, 7) is 5.35. The lowest BCUT2D eigenvalue weighted by Gasteiger charge is -2.21. The zero-order chi connectivity index (χ0) is 19.6. The molecule has 0 aliphatic carbocycles. The topological polar surface area (TPSA) is 114 Å². The zero-order valence-corrected chi connectivity index (χ0v) is 16.6. The molecule has 0 spiro atoms. The monoisotopic (exact) mass is 405 g/mol. The van der Waals surface area contributed by atoms with E-state index in [0.717, 1.165) is 17.3 Å². The third kappa shape index (κ3) is 4.12. The standard InChI is InChI=1S/C17H19N5O3S2/c1-10(2)14(17(23)19-16-11(3)6-5-9-18-16)22-27(24,25)13-8-4-7-12-15(13)21-26-20-12/h4-10,14,22H,1-3H3,(H,18,19,23). The Bertz CT molecular complexity index is 1080. The number of carbonyl (C=O) groups is 1. The quantitative estimate of drug-likeness (QED) is 0.651. The Kier molecular flexibility index (Phi) is 5.49.